The second-order valence-corrected chi connectivity index (χ2v) is 8.16. The number of aryl methyl sites for hydroxylation is 1. The van der Waals surface area contributed by atoms with Crippen LogP contribution in [0.15, 0.2) is 66.1 Å². The van der Waals surface area contributed by atoms with Crippen molar-refractivity contribution in [2.75, 3.05) is 27.9 Å². The van der Waals surface area contributed by atoms with Crippen molar-refractivity contribution in [2.24, 2.45) is 5.73 Å². The molecule has 2 N–H and O–H groups in total. The minimum Gasteiger partial charge on any atom is -0.493 e. The van der Waals surface area contributed by atoms with Crippen molar-refractivity contribution in [3.8, 4) is 40.6 Å². The molecule has 0 spiro atoms. The molecule has 0 saturated heterocycles. The first kappa shape index (κ1) is 25.3. The first-order valence-electron chi connectivity index (χ1n) is 11.3. The molecular formula is C28H26N2O7. The van der Waals surface area contributed by atoms with Crippen LogP contribution in [0.1, 0.15) is 22.6 Å². The van der Waals surface area contributed by atoms with E-state index in [1.807, 2.05) is 19.1 Å². The van der Waals surface area contributed by atoms with Gasteiger partial charge in [-0.2, -0.15) is 5.26 Å². The molecule has 1 unspecified atom stereocenters. The number of nitriles is 1. The summed E-state index contributed by atoms with van der Waals surface area (Å²) < 4.78 is 33.0. The van der Waals surface area contributed by atoms with Crippen LogP contribution in [-0.4, -0.2) is 33.9 Å². The lowest BCUT2D eigenvalue weighted by Gasteiger charge is -2.27. The Kier molecular flexibility index (Phi) is 7.39. The summed E-state index contributed by atoms with van der Waals surface area (Å²) in [6.45, 7) is 1.69. The van der Waals surface area contributed by atoms with Gasteiger partial charge >= 0.3 is 5.97 Å². The summed E-state index contributed by atoms with van der Waals surface area (Å²) in [5, 5.41) is 9.88. The number of nitrogens with two attached hydrogens (primary N) is 1. The van der Waals surface area contributed by atoms with E-state index in [9.17, 15) is 10.1 Å². The molecule has 0 fully saturated rings. The van der Waals surface area contributed by atoms with Crippen LogP contribution in [0.25, 0.3) is 0 Å². The van der Waals surface area contributed by atoms with Gasteiger partial charge in [-0.25, -0.2) is 4.79 Å². The molecule has 0 bridgehead atoms. The zero-order valence-electron chi connectivity index (χ0n) is 20.9. The third-order valence-electron chi connectivity index (χ3n) is 5.82. The van der Waals surface area contributed by atoms with Crippen LogP contribution in [0.3, 0.4) is 0 Å². The molecule has 3 aromatic rings. The van der Waals surface area contributed by atoms with Crippen LogP contribution in [0, 0.1) is 18.3 Å². The number of hydrogen-bond donors (Lipinski definition) is 1. The van der Waals surface area contributed by atoms with E-state index in [2.05, 4.69) is 6.07 Å². The van der Waals surface area contributed by atoms with Crippen LogP contribution in [-0.2, 0) is 4.79 Å². The predicted octanol–water partition coefficient (Wildman–Crippen LogP) is 4.22. The van der Waals surface area contributed by atoms with Crippen LogP contribution in [0.5, 0.6) is 34.5 Å². The summed E-state index contributed by atoms with van der Waals surface area (Å²) in [5.74, 6) is 1.21. The van der Waals surface area contributed by atoms with Gasteiger partial charge in [-0.3, -0.25) is 0 Å². The minimum absolute atomic E-state index is 0.0556. The largest absolute Gasteiger partial charge is 0.493 e. The van der Waals surface area contributed by atoms with Gasteiger partial charge in [0, 0.05) is 11.6 Å². The Hall–Kier alpha value is -4.84. The molecule has 0 saturated carbocycles. The fourth-order valence-electron chi connectivity index (χ4n) is 4.05. The van der Waals surface area contributed by atoms with Gasteiger partial charge < -0.3 is 34.2 Å². The van der Waals surface area contributed by atoms with Crippen molar-refractivity contribution in [3.05, 3.63) is 82.7 Å². The smallest absolute Gasteiger partial charge is 0.349 e. The van der Waals surface area contributed by atoms with Crippen LogP contribution < -0.4 is 34.2 Å². The van der Waals surface area contributed by atoms with E-state index in [0.717, 1.165) is 5.56 Å². The highest BCUT2D eigenvalue weighted by Crippen LogP contribution is 2.47. The third kappa shape index (κ3) is 5.23. The highest BCUT2D eigenvalue weighted by molar-refractivity contribution is 5.74. The Bertz CT molecular complexity index is 1370. The third-order valence-corrected chi connectivity index (χ3v) is 5.82. The summed E-state index contributed by atoms with van der Waals surface area (Å²) >= 11 is 0. The van der Waals surface area contributed by atoms with E-state index in [1.54, 1.807) is 42.5 Å². The SMILES string of the molecule is COc1cc(C2C(C#N)=C(N)Oc3cc(OC(=O)COc4ccc(C)cc4)ccc32)cc(OC)c1OC. The van der Waals surface area contributed by atoms with Crippen molar-refractivity contribution < 1.29 is 33.2 Å². The predicted molar refractivity (Wildman–Crippen MR) is 134 cm³/mol. The second-order valence-electron chi connectivity index (χ2n) is 8.16. The van der Waals surface area contributed by atoms with Gasteiger partial charge in [-0.1, -0.05) is 23.8 Å². The summed E-state index contributed by atoms with van der Waals surface area (Å²) in [7, 11) is 4.53. The fraction of sp³-hybridized carbons (Fsp3) is 0.214. The highest BCUT2D eigenvalue weighted by atomic mass is 16.6. The summed E-state index contributed by atoms with van der Waals surface area (Å²) in [5.41, 5.74) is 8.75. The van der Waals surface area contributed by atoms with E-state index in [4.69, 9.17) is 34.2 Å². The molecule has 1 aliphatic heterocycles. The standard InChI is InChI=1S/C28H26N2O7/c1-16-5-7-18(8-6-16)35-15-25(31)36-19-9-10-20-22(13-19)37-28(30)21(14-29)26(20)17-11-23(32-2)27(34-4)24(12-17)33-3/h5-13,26H,15,30H2,1-4H3. The molecular weight excluding hydrogens is 476 g/mol. The number of benzene rings is 3. The van der Waals surface area contributed by atoms with Crippen molar-refractivity contribution in [1.82, 2.24) is 0 Å². The van der Waals surface area contributed by atoms with Gasteiger partial charge in [0.25, 0.3) is 0 Å². The number of carbonyl (C=O) groups is 1. The van der Waals surface area contributed by atoms with E-state index >= 15 is 0 Å². The maximum atomic E-state index is 12.4. The number of rotatable bonds is 8. The summed E-state index contributed by atoms with van der Waals surface area (Å²) in [6, 6.07) is 17.9. The fourth-order valence-corrected chi connectivity index (χ4v) is 4.05. The van der Waals surface area contributed by atoms with Crippen molar-refractivity contribution in [3.63, 3.8) is 0 Å². The Morgan fingerprint density at radius 2 is 1.62 bits per heavy atom. The molecule has 0 aromatic heterocycles. The van der Waals surface area contributed by atoms with Crippen LogP contribution >= 0.6 is 0 Å². The van der Waals surface area contributed by atoms with Gasteiger partial charge in [-0.15, -0.1) is 0 Å². The summed E-state index contributed by atoms with van der Waals surface area (Å²) in [6.07, 6.45) is 0. The summed E-state index contributed by atoms with van der Waals surface area (Å²) in [4.78, 5) is 12.4. The van der Waals surface area contributed by atoms with Crippen molar-refractivity contribution in [1.29, 1.82) is 5.26 Å². The highest BCUT2D eigenvalue weighted by Gasteiger charge is 2.32. The quantitative estimate of drug-likeness (QED) is 0.356. The molecule has 4 rings (SSSR count). The Labute approximate surface area is 214 Å². The molecule has 9 heteroatoms. The molecule has 190 valence electrons. The molecule has 1 aliphatic rings. The number of methoxy groups -OCH3 is 3. The number of esters is 1. The zero-order valence-corrected chi connectivity index (χ0v) is 20.9. The maximum Gasteiger partial charge on any atom is 0.349 e. The molecule has 1 heterocycles. The first-order valence-corrected chi connectivity index (χ1v) is 11.3. The minimum atomic E-state index is -0.586. The van der Waals surface area contributed by atoms with E-state index in [-0.39, 0.29) is 23.8 Å². The Morgan fingerprint density at radius 1 is 0.973 bits per heavy atom. The Balaban J connectivity index is 1.62. The number of nitrogens with zero attached hydrogens (tertiary/aromatic N) is 1. The molecule has 0 radical (unpaired) electrons. The molecule has 0 aliphatic carbocycles. The topological polar surface area (TPSA) is 122 Å². The molecule has 0 amide bonds. The van der Waals surface area contributed by atoms with Crippen LogP contribution in [0.4, 0.5) is 0 Å². The lowest BCUT2D eigenvalue weighted by Crippen LogP contribution is -2.22. The van der Waals surface area contributed by atoms with Gasteiger partial charge in [0.05, 0.1) is 27.2 Å². The second kappa shape index (κ2) is 10.8. The average molecular weight is 503 g/mol. The van der Waals surface area contributed by atoms with Gasteiger partial charge in [0.15, 0.2) is 18.1 Å². The number of carbonyl (C=O) groups excluding carboxylic acids is 1. The molecule has 3 aromatic carbocycles. The first-order chi connectivity index (χ1) is 17.9. The van der Waals surface area contributed by atoms with Gasteiger partial charge in [-0.05, 0) is 42.8 Å². The molecule has 37 heavy (non-hydrogen) atoms. The average Bonchev–Trinajstić information content (AvgIpc) is 2.91. The van der Waals surface area contributed by atoms with Crippen molar-refractivity contribution in [2.45, 2.75) is 12.8 Å². The van der Waals surface area contributed by atoms with E-state index in [0.29, 0.717) is 39.9 Å². The monoisotopic (exact) mass is 502 g/mol. The molecule has 9 nitrogen and oxygen atoms in total. The Morgan fingerprint density at radius 3 is 2.22 bits per heavy atom. The number of allylic oxidation sites excluding steroid dienone is 1. The normalized spacial score (nSPS) is 14.1. The van der Waals surface area contributed by atoms with E-state index < -0.39 is 11.9 Å². The number of ether oxygens (including phenoxy) is 6. The lowest BCUT2D eigenvalue weighted by molar-refractivity contribution is -0.136. The van der Waals surface area contributed by atoms with Crippen LogP contribution in [0.2, 0.25) is 0 Å². The number of fused-ring (bicyclic) bond motifs is 1. The van der Waals surface area contributed by atoms with Gasteiger partial charge in [0.2, 0.25) is 11.6 Å². The maximum absolute atomic E-state index is 12.4. The molecule has 1 atom stereocenters. The van der Waals surface area contributed by atoms with Crippen molar-refractivity contribution >= 4 is 5.97 Å². The van der Waals surface area contributed by atoms with E-state index in [1.165, 1.54) is 21.3 Å². The number of hydrogen-bond acceptors (Lipinski definition) is 9. The van der Waals surface area contributed by atoms with Gasteiger partial charge in [0.1, 0.15) is 28.9 Å². The lowest BCUT2D eigenvalue weighted by atomic mass is 9.83. The zero-order chi connectivity index (χ0) is 26.5.